The average molecular weight is 411 g/mol. The zero-order valence-electron chi connectivity index (χ0n) is 15.8. The lowest BCUT2D eigenvalue weighted by Crippen LogP contribution is -2.24. The number of carbonyl (C=O) groups is 1. The number of hydrogen-bond acceptors (Lipinski definition) is 3. The summed E-state index contributed by atoms with van der Waals surface area (Å²) in [6, 6.07) is 1.70. The van der Waals surface area contributed by atoms with Crippen molar-refractivity contribution in [3.8, 4) is 0 Å². The molecule has 1 unspecified atom stereocenters. The van der Waals surface area contributed by atoms with E-state index in [0.717, 1.165) is 31.8 Å². The van der Waals surface area contributed by atoms with Crippen molar-refractivity contribution in [3.05, 3.63) is 29.0 Å². The van der Waals surface area contributed by atoms with Crippen LogP contribution < -0.4 is 0 Å². The minimum atomic E-state index is -2.53. The van der Waals surface area contributed by atoms with Gasteiger partial charge in [-0.25, -0.2) is 13.8 Å². The topological polar surface area (TPSA) is 44.1 Å². The molecule has 1 aliphatic carbocycles. The van der Waals surface area contributed by atoms with Crippen molar-refractivity contribution in [1.29, 1.82) is 0 Å². The number of halogens is 3. The zero-order chi connectivity index (χ0) is 19.7. The molecular formula is C21H25ClF2N2O2. The van der Waals surface area contributed by atoms with Crippen LogP contribution in [0.5, 0.6) is 0 Å². The van der Waals surface area contributed by atoms with Crippen LogP contribution in [0.15, 0.2) is 18.5 Å². The number of hydrogen-bond donors (Lipinski definition) is 0. The summed E-state index contributed by atoms with van der Waals surface area (Å²) in [6.07, 6.45) is 6.37. The third-order valence-electron chi connectivity index (χ3n) is 6.10. The highest BCUT2D eigenvalue weighted by Gasteiger charge is 2.35. The second kappa shape index (κ2) is 8.07. The number of pyridine rings is 1. The van der Waals surface area contributed by atoms with E-state index in [1.165, 1.54) is 0 Å². The Morgan fingerprint density at radius 2 is 2.07 bits per heavy atom. The van der Waals surface area contributed by atoms with E-state index in [-0.39, 0.29) is 24.5 Å². The molecule has 0 amide bonds. The minimum Gasteiger partial charge on any atom is -0.381 e. The molecule has 2 aromatic rings. The molecule has 1 saturated carbocycles. The van der Waals surface area contributed by atoms with Gasteiger partial charge < -0.3 is 9.30 Å². The first-order valence-corrected chi connectivity index (χ1v) is 10.4. The van der Waals surface area contributed by atoms with E-state index in [2.05, 4.69) is 4.98 Å². The van der Waals surface area contributed by atoms with Crippen LogP contribution in [-0.2, 0) is 11.3 Å². The van der Waals surface area contributed by atoms with Crippen molar-refractivity contribution in [2.45, 2.75) is 57.4 Å². The maximum atomic E-state index is 13.3. The number of fused-ring (bicyclic) bond motifs is 1. The first kappa shape index (κ1) is 19.8. The van der Waals surface area contributed by atoms with E-state index in [1.54, 1.807) is 12.3 Å². The van der Waals surface area contributed by atoms with Gasteiger partial charge in [-0.1, -0.05) is 11.6 Å². The highest BCUT2D eigenvalue weighted by atomic mass is 35.5. The fraction of sp³-hybridized carbons (Fsp3) is 0.619. The fourth-order valence-corrected chi connectivity index (χ4v) is 4.63. The van der Waals surface area contributed by atoms with E-state index in [9.17, 15) is 13.6 Å². The number of rotatable bonds is 6. The second-order valence-corrected chi connectivity index (χ2v) is 8.58. The van der Waals surface area contributed by atoms with Crippen LogP contribution in [0.3, 0.4) is 0 Å². The van der Waals surface area contributed by atoms with Crippen LogP contribution in [-0.4, -0.2) is 34.5 Å². The number of aromatic nitrogens is 2. The van der Waals surface area contributed by atoms with Gasteiger partial charge >= 0.3 is 0 Å². The first-order chi connectivity index (χ1) is 13.4. The third kappa shape index (κ3) is 4.23. The molecule has 4 nitrogen and oxygen atoms in total. The van der Waals surface area contributed by atoms with E-state index in [1.807, 2.05) is 10.8 Å². The van der Waals surface area contributed by atoms with E-state index in [4.69, 9.17) is 16.3 Å². The SMILES string of the molecule is O=C(CCC1CCC(F)(F)CC1)c1cn(CC2CCOC2)c2nccc(Cl)c12. The Labute approximate surface area is 168 Å². The lowest BCUT2D eigenvalue weighted by atomic mass is 9.83. The van der Waals surface area contributed by atoms with Crippen molar-refractivity contribution in [1.82, 2.24) is 9.55 Å². The molecule has 0 aromatic carbocycles. The van der Waals surface area contributed by atoms with E-state index in [0.29, 0.717) is 47.6 Å². The zero-order valence-corrected chi connectivity index (χ0v) is 16.6. The Morgan fingerprint density at radius 1 is 1.29 bits per heavy atom. The summed E-state index contributed by atoms with van der Waals surface area (Å²) in [4.78, 5) is 17.4. The Hall–Kier alpha value is -1.53. The molecule has 4 rings (SSSR count). The predicted octanol–water partition coefficient (Wildman–Crippen LogP) is 5.51. The molecule has 0 bridgehead atoms. The molecule has 3 heterocycles. The summed E-state index contributed by atoms with van der Waals surface area (Å²) in [7, 11) is 0. The highest BCUT2D eigenvalue weighted by Crippen LogP contribution is 2.38. The van der Waals surface area contributed by atoms with E-state index >= 15 is 0 Å². The van der Waals surface area contributed by atoms with Gasteiger partial charge in [0.15, 0.2) is 5.78 Å². The summed E-state index contributed by atoms with van der Waals surface area (Å²) in [5.41, 5.74) is 1.31. The Balaban J connectivity index is 1.50. The standard InChI is InChI=1S/C21H25ClF2N2O2/c22-17-5-9-25-20-19(17)16(12-26(20)11-15-6-10-28-13-15)18(27)2-1-14-3-7-21(23,24)8-4-14/h5,9,12,14-15H,1-4,6-8,10-11,13H2. The van der Waals surface area contributed by atoms with Gasteiger partial charge in [0.1, 0.15) is 5.65 Å². The maximum Gasteiger partial charge on any atom is 0.248 e. The van der Waals surface area contributed by atoms with Crippen LogP contribution in [0, 0.1) is 11.8 Å². The number of carbonyl (C=O) groups excluding carboxylic acids is 1. The molecule has 152 valence electrons. The molecule has 28 heavy (non-hydrogen) atoms. The fourth-order valence-electron chi connectivity index (χ4n) is 4.39. The second-order valence-electron chi connectivity index (χ2n) is 8.18. The summed E-state index contributed by atoms with van der Waals surface area (Å²) < 4.78 is 34.1. The van der Waals surface area contributed by atoms with Crippen LogP contribution in [0.4, 0.5) is 8.78 Å². The van der Waals surface area contributed by atoms with Gasteiger partial charge in [-0.15, -0.1) is 0 Å². The smallest absolute Gasteiger partial charge is 0.248 e. The monoisotopic (exact) mass is 410 g/mol. The third-order valence-corrected chi connectivity index (χ3v) is 6.42. The van der Waals surface area contributed by atoms with Gasteiger partial charge in [-0.2, -0.15) is 0 Å². The lowest BCUT2D eigenvalue weighted by molar-refractivity contribution is -0.0464. The molecule has 0 spiro atoms. The average Bonchev–Trinajstić information content (AvgIpc) is 3.30. The molecule has 0 N–H and O–H groups in total. The minimum absolute atomic E-state index is 0.0126. The summed E-state index contributed by atoms with van der Waals surface area (Å²) in [5, 5.41) is 1.22. The number of ether oxygens (including phenoxy) is 1. The number of alkyl halides is 2. The summed E-state index contributed by atoms with van der Waals surface area (Å²) >= 11 is 6.40. The van der Waals surface area contributed by atoms with Gasteiger partial charge in [0.2, 0.25) is 5.92 Å². The Kier molecular flexibility index (Phi) is 5.70. The van der Waals surface area contributed by atoms with Gasteiger partial charge in [-0.3, -0.25) is 4.79 Å². The van der Waals surface area contributed by atoms with Crippen LogP contribution in [0.2, 0.25) is 5.02 Å². The Morgan fingerprint density at radius 3 is 2.79 bits per heavy atom. The molecule has 2 fully saturated rings. The number of Topliss-reactive ketones (excluding diaryl/α,β-unsaturated/α-hetero) is 1. The first-order valence-electron chi connectivity index (χ1n) is 10.0. The van der Waals surface area contributed by atoms with E-state index < -0.39 is 5.92 Å². The summed E-state index contributed by atoms with van der Waals surface area (Å²) in [6.45, 7) is 2.23. The number of nitrogens with zero attached hydrogens (tertiary/aromatic N) is 2. The lowest BCUT2D eigenvalue weighted by Gasteiger charge is -2.27. The summed E-state index contributed by atoms with van der Waals surface area (Å²) in [5.74, 6) is -1.92. The number of ketones is 1. The van der Waals surface area contributed by atoms with Crippen LogP contribution in [0.25, 0.3) is 11.0 Å². The molecule has 7 heteroatoms. The van der Waals surface area contributed by atoms with Crippen LogP contribution >= 0.6 is 11.6 Å². The molecule has 2 aliphatic rings. The van der Waals surface area contributed by atoms with Crippen LogP contribution in [0.1, 0.15) is 55.3 Å². The normalized spacial score (nSPS) is 22.8. The highest BCUT2D eigenvalue weighted by molar-refractivity contribution is 6.36. The van der Waals surface area contributed by atoms with Crippen molar-refractivity contribution in [3.63, 3.8) is 0 Å². The molecule has 1 saturated heterocycles. The van der Waals surface area contributed by atoms with Crippen molar-refractivity contribution in [2.24, 2.45) is 11.8 Å². The molecule has 1 aliphatic heterocycles. The quantitative estimate of drug-likeness (QED) is 0.589. The molecule has 2 aromatic heterocycles. The van der Waals surface area contributed by atoms with Gasteiger partial charge in [0.05, 0.1) is 11.6 Å². The van der Waals surface area contributed by atoms with Crippen molar-refractivity contribution < 1.29 is 18.3 Å². The molecular weight excluding hydrogens is 386 g/mol. The largest absolute Gasteiger partial charge is 0.381 e. The molecule has 1 atom stereocenters. The maximum absolute atomic E-state index is 13.3. The Bertz CT molecular complexity index is 851. The van der Waals surface area contributed by atoms with Gasteiger partial charge in [0.25, 0.3) is 0 Å². The van der Waals surface area contributed by atoms with Crippen molar-refractivity contribution in [2.75, 3.05) is 13.2 Å². The van der Waals surface area contributed by atoms with Gasteiger partial charge in [0, 0.05) is 61.7 Å². The molecule has 0 radical (unpaired) electrons. The predicted molar refractivity (Wildman–Crippen MR) is 104 cm³/mol. The van der Waals surface area contributed by atoms with Gasteiger partial charge in [-0.05, 0) is 37.7 Å². The van der Waals surface area contributed by atoms with Crippen molar-refractivity contribution >= 4 is 28.4 Å².